The molecule has 2 saturated heterocycles. The zero-order valence-corrected chi connectivity index (χ0v) is 67.7. The fourth-order valence-electron chi connectivity index (χ4n) is 12.8. The van der Waals surface area contributed by atoms with Crippen LogP contribution in [0.15, 0.2) is 97.5 Å². The fraction of sp³-hybridized carbons (Fsp3) is 0.506. The summed E-state index contributed by atoms with van der Waals surface area (Å²) < 4.78 is 0. The van der Waals surface area contributed by atoms with Gasteiger partial charge in [0.15, 0.2) is 0 Å². The van der Waals surface area contributed by atoms with Crippen LogP contribution in [0, 0.1) is 5.92 Å². The number of nitrogens with two attached hydrogens (primary N) is 1. The van der Waals surface area contributed by atoms with Crippen LogP contribution in [0.25, 0.3) is 0 Å². The molecule has 15 atom stereocenters. The number of aromatic hydroxyl groups is 1. The number of carboxylic acid groups (broad SMARTS) is 1. The Bertz CT molecular complexity index is 4200. The minimum atomic E-state index is -1.94. The van der Waals surface area contributed by atoms with E-state index in [1.165, 1.54) is 78.7 Å². The lowest BCUT2D eigenvalue weighted by Crippen LogP contribution is -2.61. The lowest BCUT2D eigenvalue weighted by Gasteiger charge is -2.36. The average Bonchev–Trinajstić information content (AvgIpc) is 1.79. The number of rotatable bonds is 14. The number of aliphatic hydroxyl groups is 2. The Kier molecular flexibility index (Phi) is 35.4. The maximum Gasteiger partial charge on any atom is 0.305 e. The number of aliphatic carboxylic acids is 1. The van der Waals surface area contributed by atoms with Crippen molar-refractivity contribution in [1.29, 1.82) is 0 Å². The number of imidazole rings is 1. The van der Waals surface area contributed by atoms with E-state index in [0.29, 0.717) is 22.4 Å². The number of carbonyl (C=O) groups excluding carboxylic acids is 16. The van der Waals surface area contributed by atoms with Crippen molar-refractivity contribution in [2.24, 2.45) is 11.7 Å². The molecule has 6 rings (SSSR count). The minimum Gasteiger partial charge on any atom is -0.508 e. The minimum absolute atomic E-state index is 0.111. The monoisotopic (exact) mass is 1650 g/mol. The van der Waals surface area contributed by atoms with Crippen LogP contribution in [0.2, 0.25) is 0 Å². The Labute approximate surface area is 679 Å². The zero-order valence-electron chi connectivity index (χ0n) is 66.9. The number of carbonyl (C=O) groups is 17. The predicted octanol–water partition coefficient (Wildman–Crippen LogP) is -5.02. The number of hydrogen-bond acceptors (Lipinski definition) is 22. The van der Waals surface area contributed by atoms with Crippen molar-refractivity contribution in [1.82, 2.24) is 87.6 Å². The van der Waals surface area contributed by atoms with Gasteiger partial charge >= 0.3 is 5.97 Å². The van der Waals surface area contributed by atoms with Crippen molar-refractivity contribution in [3.8, 4) is 5.75 Å². The number of aromatic nitrogens is 2. The van der Waals surface area contributed by atoms with Gasteiger partial charge < -0.3 is 109 Å². The summed E-state index contributed by atoms with van der Waals surface area (Å²) in [5.74, 6) is -18.5. The second-order valence-electron chi connectivity index (χ2n) is 29.2. The Morgan fingerprint density at radius 1 is 0.556 bits per heavy atom. The van der Waals surface area contributed by atoms with Gasteiger partial charge in [-0.3, -0.25) is 81.5 Å². The van der Waals surface area contributed by atoms with Gasteiger partial charge in [-0.1, -0.05) is 93.6 Å². The number of carboxylic acids is 1. The number of aliphatic hydroxyl groups excluding tert-OH is 2. The van der Waals surface area contributed by atoms with Gasteiger partial charge in [0.25, 0.3) is 0 Å². The van der Waals surface area contributed by atoms with Crippen molar-refractivity contribution in [3.63, 3.8) is 0 Å². The highest BCUT2D eigenvalue weighted by atomic mass is 32.2. The number of thioether (sulfide) groups is 1. The van der Waals surface area contributed by atoms with Crippen LogP contribution in [0.3, 0.4) is 0 Å². The van der Waals surface area contributed by atoms with E-state index in [2.05, 4.69) is 63.1 Å². The highest BCUT2D eigenvalue weighted by Crippen LogP contribution is 2.24. The molecule has 0 radical (unpaired) electrons. The van der Waals surface area contributed by atoms with Crippen molar-refractivity contribution < 1.29 is 102 Å². The van der Waals surface area contributed by atoms with E-state index >= 15 is 4.79 Å². The molecular weight excluding hydrogens is 1550 g/mol. The molecule has 0 aliphatic carbocycles. The summed E-state index contributed by atoms with van der Waals surface area (Å²) >= 11 is 0.775. The zero-order chi connectivity index (χ0) is 86.8. The smallest absolute Gasteiger partial charge is 0.305 e. The van der Waals surface area contributed by atoms with Gasteiger partial charge in [0.2, 0.25) is 94.5 Å². The highest BCUT2D eigenvalue weighted by Gasteiger charge is 2.45. The molecule has 0 bridgehead atoms. The van der Waals surface area contributed by atoms with Crippen LogP contribution >= 0.6 is 11.8 Å². The largest absolute Gasteiger partial charge is 0.508 e. The van der Waals surface area contributed by atoms with E-state index in [4.69, 9.17) is 5.73 Å². The SMILES string of the molecule is CC[C@@H]1NC(=O)[C@H](Cc2ccc(O)cc2)NC(=O)[C@H](Cc2cnc[nH]2)NC(=O)[C@H](C)N(C)C(=O)[C@H](C)NC(=O)[C@H](Cc2ccccc2)N(C)C(=O)[C@H](Cc2ccccc2)N(C)C(=O)[C@H](CC(=O)O)NC(=O)CN(C)C(=O)C([C@@H](C)O)NC(=O)CNC(=O)CSC[C@@H](C(N)=O)NC(=O)[C@H](C)NC(=O)[C@@H]2C[C@@H](O)CN2C(=O)C(C(C)C)NC1=O. The van der Waals surface area contributed by atoms with E-state index < -0.39 is 229 Å². The fourth-order valence-corrected chi connectivity index (χ4v) is 13.7. The van der Waals surface area contributed by atoms with E-state index in [1.54, 1.807) is 81.4 Å². The molecule has 2 unspecified atom stereocenters. The van der Waals surface area contributed by atoms with Crippen LogP contribution in [0.4, 0.5) is 0 Å². The second-order valence-corrected chi connectivity index (χ2v) is 30.2. The predicted molar refractivity (Wildman–Crippen MR) is 421 cm³/mol. The molecule has 2 aliphatic rings. The topological polar surface area (TPSA) is 562 Å². The van der Waals surface area contributed by atoms with E-state index in [9.17, 15) is 97.1 Å². The summed E-state index contributed by atoms with van der Waals surface area (Å²) in [7, 11) is 4.78. The number of hydrogen-bond donors (Lipinski definition) is 16. The van der Waals surface area contributed by atoms with E-state index in [0.717, 1.165) is 50.2 Å². The molecule has 0 saturated carbocycles. The number of aromatic amines is 1. The van der Waals surface area contributed by atoms with Crippen LogP contribution in [-0.2, 0) is 107 Å². The standard InChI is InChI=1S/C77H106N18O21S/c1-12-51-68(107)90-63(40(2)3)77(116)95-35-50(98)31-57(95)72(111)82-41(4)66(105)88-55(65(78)104)37-117-38-61(101)80-34-59(99)89-64(44(7)96)76(115)91(8)36-60(100)84-54(32-62(102)103)74(113)94(11)58(29-46-21-17-14-18-22-46)75(114)93(10)56(28-45-19-15-13-16-20-45)71(110)83-42(5)73(112)92(9)43(6)67(106)86-53(30-48-33-79-39-81-48)70(109)87-52(69(108)85-51)27-47-23-25-49(97)26-24-47/h13-26,33,39-44,50-58,63-64,96-98H,12,27-32,34-38H2,1-11H3,(H2,78,104)(H,79,81)(H,80,101)(H,82,111)(H,83,110)(H,84,100)(H,85,108)(H,86,106)(H,87,109)(H,88,105)(H,89,99)(H,90,107)(H,102,103)/t41-,42-,43-,44+,50+,51-,52-,53-,54-,55-,56-,57-,58-,63?,64?/m0/s1. The van der Waals surface area contributed by atoms with Gasteiger partial charge in [-0.05, 0) is 68.9 Å². The maximum atomic E-state index is 15.3. The first-order valence-corrected chi connectivity index (χ1v) is 39.0. The summed E-state index contributed by atoms with van der Waals surface area (Å²) in [5.41, 5.74) is 7.33. The van der Waals surface area contributed by atoms with Gasteiger partial charge in [0, 0.05) is 84.5 Å². The molecule has 3 heterocycles. The second kappa shape index (κ2) is 44.1. The molecule has 4 aromatic rings. The van der Waals surface area contributed by atoms with Gasteiger partial charge in [0.1, 0.15) is 84.3 Å². The maximum absolute atomic E-state index is 15.3. The number of phenolic OH excluding ortho intramolecular Hbond substituents is 1. The van der Waals surface area contributed by atoms with Gasteiger partial charge in [-0.2, -0.15) is 0 Å². The lowest BCUT2D eigenvalue weighted by atomic mass is 9.99. The number of nitrogens with one attached hydrogen (secondary N) is 11. The molecule has 40 heteroatoms. The van der Waals surface area contributed by atoms with Gasteiger partial charge in [0.05, 0.1) is 43.8 Å². The van der Waals surface area contributed by atoms with Crippen LogP contribution in [0.5, 0.6) is 5.75 Å². The summed E-state index contributed by atoms with van der Waals surface area (Å²) in [4.78, 5) is 251. The molecule has 2 fully saturated rings. The molecule has 117 heavy (non-hydrogen) atoms. The van der Waals surface area contributed by atoms with Crippen molar-refractivity contribution >= 4 is 112 Å². The third-order valence-corrected chi connectivity index (χ3v) is 20.8. The number of fused-ring (bicyclic) bond motifs is 1. The third-order valence-electron chi connectivity index (χ3n) is 19.8. The lowest BCUT2D eigenvalue weighted by molar-refractivity contribution is -0.150. The molecule has 2 aliphatic heterocycles. The summed E-state index contributed by atoms with van der Waals surface area (Å²) in [6, 6.07) is 2.28. The summed E-state index contributed by atoms with van der Waals surface area (Å²) in [6.07, 6.45) is -2.79. The number of phenols is 1. The van der Waals surface area contributed by atoms with E-state index in [-0.39, 0.29) is 50.0 Å². The number of amides is 16. The van der Waals surface area contributed by atoms with E-state index in [1.807, 2.05) is 0 Å². The molecule has 39 nitrogen and oxygen atoms in total. The number of primary amides is 1. The molecule has 17 N–H and O–H groups in total. The molecule has 1 aromatic heterocycles. The number of nitrogens with zero attached hydrogens (tertiary/aromatic N) is 6. The summed E-state index contributed by atoms with van der Waals surface area (Å²) in [6.45, 7) is 7.59. The normalized spacial score (nSPS) is 26.2. The van der Waals surface area contributed by atoms with Gasteiger partial charge in [-0.15, -0.1) is 11.8 Å². The number of H-pyrrole nitrogens is 1. The molecule has 16 amide bonds. The quantitative estimate of drug-likeness (QED) is 0.0562. The molecule has 636 valence electrons. The van der Waals surface area contributed by atoms with Crippen molar-refractivity contribution in [2.75, 3.05) is 59.3 Å². The van der Waals surface area contributed by atoms with Crippen molar-refractivity contribution in [2.45, 2.75) is 184 Å². The third kappa shape index (κ3) is 27.6. The Morgan fingerprint density at radius 3 is 1.68 bits per heavy atom. The van der Waals surface area contributed by atoms with Crippen LogP contribution in [0.1, 0.15) is 90.1 Å². The molecule has 3 aromatic carbocycles. The average molecular weight is 1650 g/mol. The highest BCUT2D eigenvalue weighted by molar-refractivity contribution is 8.00. The van der Waals surface area contributed by atoms with Gasteiger partial charge in [-0.25, -0.2) is 4.98 Å². The summed E-state index contributed by atoms with van der Waals surface area (Å²) in [5, 5.41) is 67.0. The molecular formula is C77H106N18O21S. The van der Waals surface area contributed by atoms with Crippen LogP contribution in [-0.4, -0.2) is 305 Å². The first kappa shape index (κ1) is 93.8. The number of likely N-dealkylation sites (N-methyl/N-ethyl adjacent to an activating group) is 4. The van der Waals surface area contributed by atoms with Crippen LogP contribution < -0.4 is 58.9 Å². The Hall–Kier alpha value is -12.1. The first-order chi connectivity index (χ1) is 55.2. The number of benzene rings is 3. The van der Waals surface area contributed by atoms with Crippen molar-refractivity contribution in [3.05, 3.63) is 120 Å². The first-order valence-electron chi connectivity index (χ1n) is 37.8. The molecule has 0 spiro atoms. The Morgan fingerprint density at radius 2 is 1.11 bits per heavy atom. The Balaban J connectivity index is 1.34.